The van der Waals surface area contributed by atoms with Gasteiger partial charge in [-0.05, 0) is 47.8 Å². The van der Waals surface area contributed by atoms with Gasteiger partial charge in [0, 0.05) is 24.9 Å². The second-order valence-electron chi connectivity index (χ2n) is 9.87. The van der Waals surface area contributed by atoms with Gasteiger partial charge in [-0.3, -0.25) is 9.69 Å². The minimum Gasteiger partial charge on any atom is -0.316 e. The molecule has 0 aliphatic carbocycles. The van der Waals surface area contributed by atoms with Gasteiger partial charge < -0.3 is 5.73 Å². The van der Waals surface area contributed by atoms with Crippen molar-refractivity contribution in [1.82, 2.24) is 4.90 Å². The van der Waals surface area contributed by atoms with Crippen molar-refractivity contribution in [3.63, 3.8) is 0 Å². The normalized spacial score (nSPS) is 21.4. The Kier molecular flexibility index (Phi) is 7.49. The number of hydrogen-bond donors (Lipinski definition) is 1. The van der Waals surface area contributed by atoms with Gasteiger partial charge in [-0.1, -0.05) is 82.3 Å². The molecule has 0 spiro atoms. The van der Waals surface area contributed by atoms with Crippen LogP contribution in [0.15, 0.2) is 54.6 Å². The van der Waals surface area contributed by atoms with E-state index < -0.39 is 0 Å². The monoisotopic (exact) mass is 406 g/mol. The number of likely N-dealkylation sites (tertiary alicyclic amines) is 1. The number of hydrogen-bond acceptors (Lipinski definition) is 3. The van der Waals surface area contributed by atoms with Gasteiger partial charge in [0.1, 0.15) is 5.78 Å². The zero-order chi connectivity index (χ0) is 21.7. The standard InChI is InChI=1S/C27H38N2O/c1-5-26(28)29-16-15-22(25(30)18-20-9-7-6-8-10-20)19-24(29)17-21-11-13-23(14-12-21)27(2,3)4/h6-14,22,24,26H,5,15-19,28H2,1-4H3. The Morgan fingerprint density at radius 1 is 1.07 bits per heavy atom. The second-order valence-corrected chi connectivity index (χ2v) is 9.87. The average Bonchev–Trinajstić information content (AvgIpc) is 2.73. The molecule has 1 aliphatic heterocycles. The molecule has 3 unspecified atom stereocenters. The van der Waals surface area contributed by atoms with Crippen LogP contribution >= 0.6 is 0 Å². The smallest absolute Gasteiger partial charge is 0.140 e. The van der Waals surface area contributed by atoms with Gasteiger partial charge >= 0.3 is 0 Å². The van der Waals surface area contributed by atoms with E-state index in [4.69, 9.17) is 5.73 Å². The third kappa shape index (κ3) is 5.80. The third-order valence-corrected chi connectivity index (χ3v) is 6.57. The first-order chi connectivity index (χ1) is 14.3. The Morgan fingerprint density at radius 2 is 1.73 bits per heavy atom. The lowest BCUT2D eigenvalue weighted by Gasteiger charge is -2.42. The molecule has 0 aromatic heterocycles. The molecule has 2 aromatic carbocycles. The highest BCUT2D eigenvalue weighted by atomic mass is 16.1. The van der Waals surface area contributed by atoms with E-state index in [1.165, 1.54) is 11.1 Å². The number of rotatable bonds is 7. The summed E-state index contributed by atoms with van der Waals surface area (Å²) in [6.07, 6.45) is 4.31. The van der Waals surface area contributed by atoms with E-state index in [2.05, 4.69) is 56.9 Å². The molecule has 3 heteroatoms. The number of nitrogens with zero attached hydrogens (tertiary/aromatic N) is 1. The van der Waals surface area contributed by atoms with Gasteiger partial charge in [0.2, 0.25) is 0 Å². The molecule has 3 atom stereocenters. The first-order valence-electron chi connectivity index (χ1n) is 11.4. The predicted molar refractivity (Wildman–Crippen MR) is 125 cm³/mol. The zero-order valence-electron chi connectivity index (χ0n) is 19.1. The Balaban J connectivity index is 1.71. The summed E-state index contributed by atoms with van der Waals surface area (Å²) in [6.45, 7) is 9.79. The van der Waals surface area contributed by atoms with E-state index >= 15 is 0 Å². The van der Waals surface area contributed by atoms with Crippen LogP contribution in [-0.4, -0.2) is 29.4 Å². The Bertz CT molecular complexity index is 807. The van der Waals surface area contributed by atoms with E-state index in [0.29, 0.717) is 18.2 Å². The Labute approximate surface area is 182 Å². The summed E-state index contributed by atoms with van der Waals surface area (Å²) in [4.78, 5) is 15.5. The van der Waals surface area contributed by atoms with Crippen molar-refractivity contribution in [2.45, 2.75) is 77.4 Å². The maximum absolute atomic E-state index is 13.0. The van der Waals surface area contributed by atoms with Gasteiger partial charge in [-0.15, -0.1) is 0 Å². The summed E-state index contributed by atoms with van der Waals surface area (Å²) in [6, 6.07) is 19.4. The number of carbonyl (C=O) groups is 1. The van der Waals surface area contributed by atoms with Crippen LogP contribution in [0.4, 0.5) is 0 Å². The van der Waals surface area contributed by atoms with Crippen LogP contribution in [0.25, 0.3) is 0 Å². The van der Waals surface area contributed by atoms with Crippen LogP contribution in [0.1, 0.15) is 63.6 Å². The fourth-order valence-electron chi connectivity index (χ4n) is 4.59. The SMILES string of the molecule is CCC(N)N1CCC(C(=O)Cc2ccccc2)CC1Cc1ccc(C(C)(C)C)cc1. The highest BCUT2D eigenvalue weighted by Crippen LogP contribution is 2.29. The van der Waals surface area contributed by atoms with Gasteiger partial charge in [-0.25, -0.2) is 0 Å². The van der Waals surface area contributed by atoms with Crippen LogP contribution in [0.5, 0.6) is 0 Å². The summed E-state index contributed by atoms with van der Waals surface area (Å²) < 4.78 is 0. The molecule has 162 valence electrons. The molecule has 0 amide bonds. The fourth-order valence-corrected chi connectivity index (χ4v) is 4.59. The van der Waals surface area contributed by atoms with Crippen molar-refractivity contribution in [3.8, 4) is 0 Å². The van der Waals surface area contributed by atoms with Crippen LogP contribution < -0.4 is 5.73 Å². The molecule has 1 aliphatic rings. The summed E-state index contributed by atoms with van der Waals surface area (Å²) in [5.41, 5.74) is 10.4. The molecule has 0 radical (unpaired) electrons. The lowest BCUT2D eigenvalue weighted by atomic mass is 9.82. The van der Waals surface area contributed by atoms with Crippen molar-refractivity contribution < 1.29 is 4.79 Å². The fraction of sp³-hybridized carbons (Fsp3) is 0.519. The molecule has 0 bridgehead atoms. The Hall–Kier alpha value is -1.97. The molecule has 0 saturated carbocycles. The van der Waals surface area contributed by atoms with Gasteiger partial charge in [0.05, 0.1) is 6.17 Å². The molecule has 1 fully saturated rings. The first-order valence-corrected chi connectivity index (χ1v) is 11.4. The lowest BCUT2D eigenvalue weighted by Crippen LogP contribution is -2.53. The molecular formula is C27H38N2O. The minimum absolute atomic E-state index is 0.0639. The van der Waals surface area contributed by atoms with Crippen LogP contribution in [-0.2, 0) is 23.1 Å². The van der Waals surface area contributed by atoms with Crippen molar-refractivity contribution >= 4 is 5.78 Å². The molecular weight excluding hydrogens is 368 g/mol. The van der Waals surface area contributed by atoms with Crippen molar-refractivity contribution in [2.24, 2.45) is 11.7 Å². The number of Topliss-reactive ketones (excluding diaryl/α,β-unsaturated/α-hetero) is 1. The number of carbonyl (C=O) groups excluding carboxylic acids is 1. The van der Waals surface area contributed by atoms with Crippen LogP contribution in [0, 0.1) is 5.92 Å². The zero-order valence-corrected chi connectivity index (χ0v) is 19.1. The maximum Gasteiger partial charge on any atom is 0.140 e. The maximum atomic E-state index is 13.0. The summed E-state index contributed by atoms with van der Waals surface area (Å²) in [5.74, 6) is 0.503. The molecule has 30 heavy (non-hydrogen) atoms. The molecule has 2 N–H and O–H groups in total. The van der Waals surface area contributed by atoms with E-state index in [1.54, 1.807) is 0 Å². The predicted octanol–water partition coefficient (Wildman–Crippen LogP) is 5.11. The molecule has 1 heterocycles. The van der Waals surface area contributed by atoms with Crippen LogP contribution in [0.3, 0.4) is 0 Å². The van der Waals surface area contributed by atoms with Gasteiger partial charge in [0.15, 0.2) is 0 Å². The number of piperidine rings is 1. The number of ketones is 1. The number of benzene rings is 2. The highest BCUT2D eigenvalue weighted by Gasteiger charge is 2.34. The third-order valence-electron chi connectivity index (χ3n) is 6.57. The van der Waals surface area contributed by atoms with E-state index in [0.717, 1.165) is 37.8 Å². The second kappa shape index (κ2) is 9.89. The van der Waals surface area contributed by atoms with E-state index in [-0.39, 0.29) is 17.5 Å². The molecule has 2 aromatic rings. The Morgan fingerprint density at radius 3 is 2.33 bits per heavy atom. The van der Waals surface area contributed by atoms with Crippen molar-refractivity contribution in [2.75, 3.05) is 6.54 Å². The van der Waals surface area contributed by atoms with Crippen molar-refractivity contribution in [3.05, 3.63) is 71.3 Å². The summed E-state index contributed by atoms with van der Waals surface area (Å²) >= 11 is 0. The quantitative estimate of drug-likeness (QED) is 0.695. The average molecular weight is 407 g/mol. The number of nitrogens with two attached hydrogens (primary N) is 1. The first kappa shape index (κ1) is 22.7. The minimum atomic E-state index is 0.0639. The summed E-state index contributed by atoms with van der Waals surface area (Å²) in [5, 5.41) is 0. The van der Waals surface area contributed by atoms with E-state index in [1.807, 2.05) is 30.3 Å². The molecule has 1 saturated heterocycles. The van der Waals surface area contributed by atoms with Crippen molar-refractivity contribution in [1.29, 1.82) is 0 Å². The molecule has 3 nitrogen and oxygen atoms in total. The van der Waals surface area contributed by atoms with Crippen LogP contribution in [0.2, 0.25) is 0 Å². The highest BCUT2D eigenvalue weighted by molar-refractivity contribution is 5.83. The van der Waals surface area contributed by atoms with Gasteiger partial charge in [0.25, 0.3) is 0 Å². The van der Waals surface area contributed by atoms with Gasteiger partial charge in [-0.2, -0.15) is 0 Å². The lowest BCUT2D eigenvalue weighted by molar-refractivity contribution is -0.124. The summed E-state index contributed by atoms with van der Waals surface area (Å²) in [7, 11) is 0. The largest absolute Gasteiger partial charge is 0.316 e. The topological polar surface area (TPSA) is 46.3 Å². The van der Waals surface area contributed by atoms with E-state index in [9.17, 15) is 4.79 Å². The molecule has 3 rings (SSSR count).